The van der Waals surface area contributed by atoms with Crippen molar-refractivity contribution in [3.63, 3.8) is 0 Å². The van der Waals surface area contributed by atoms with Crippen molar-refractivity contribution in [2.45, 2.75) is 17.0 Å². The molecule has 0 saturated carbocycles. The Morgan fingerprint density at radius 3 is 2.57 bits per heavy atom. The summed E-state index contributed by atoms with van der Waals surface area (Å²) in [5.74, 6) is 0. The Balaban J connectivity index is 2.19. The number of benzene rings is 1. The molecule has 0 spiro atoms. The van der Waals surface area contributed by atoms with Crippen LogP contribution in [0.15, 0.2) is 52.8 Å². The number of hydrogen-bond donors (Lipinski definition) is 0. The average molecular weight is 202 g/mol. The van der Waals surface area contributed by atoms with E-state index in [0.29, 0.717) is 0 Å². The summed E-state index contributed by atoms with van der Waals surface area (Å²) >= 11 is 1.58. The van der Waals surface area contributed by atoms with Crippen molar-refractivity contribution in [2.75, 3.05) is 0 Å². The first kappa shape index (κ1) is 9.21. The van der Waals surface area contributed by atoms with Crippen LogP contribution in [0.4, 0.5) is 0 Å². The molecule has 70 valence electrons. The minimum Gasteiger partial charge on any atom is -0.231 e. The summed E-state index contributed by atoms with van der Waals surface area (Å²) < 4.78 is 0. The van der Waals surface area contributed by atoms with Gasteiger partial charge in [0.1, 0.15) is 0 Å². The quantitative estimate of drug-likeness (QED) is 0.700. The molecule has 14 heavy (non-hydrogen) atoms. The zero-order chi connectivity index (χ0) is 9.80. The fraction of sp³-hybridized carbons (Fsp3) is 0.0909. The molecule has 0 aliphatic rings. The third kappa shape index (κ3) is 2.33. The predicted molar refractivity (Wildman–Crippen MR) is 57.3 cm³/mol. The molecule has 1 aromatic heterocycles. The third-order valence-corrected chi connectivity index (χ3v) is 2.62. The van der Waals surface area contributed by atoms with Crippen LogP contribution in [0.25, 0.3) is 0 Å². The van der Waals surface area contributed by atoms with Gasteiger partial charge in [-0.1, -0.05) is 17.7 Å². The highest BCUT2D eigenvalue weighted by Gasteiger charge is 1.98. The molecular weight excluding hydrogens is 192 g/mol. The molecule has 2 rings (SSSR count). The van der Waals surface area contributed by atoms with Crippen molar-refractivity contribution >= 4 is 11.8 Å². The number of aryl methyl sites for hydroxylation is 1. The lowest BCUT2D eigenvalue weighted by atomic mass is 10.2. The van der Waals surface area contributed by atoms with E-state index in [4.69, 9.17) is 0 Å². The third-order valence-electron chi connectivity index (χ3n) is 1.74. The monoisotopic (exact) mass is 202 g/mol. The highest BCUT2D eigenvalue weighted by atomic mass is 32.2. The first-order valence-corrected chi connectivity index (χ1v) is 5.18. The summed E-state index contributed by atoms with van der Waals surface area (Å²) in [5, 5.41) is 0.790. The zero-order valence-corrected chi connectivity index (χ0v) is 8.66. The first-order chi connectivity index (χ1) is 6.84. The summed E-state index contributed by atoms with van der Waals surface area (Å²) in [6, 6.07) is 10.1. The Bertz CT molecular complexity index is 415. The Morgan fingerprint density at radius 1 is 1.07 bits per heavy atom. The van der Waals surface area contributed by atoms with Crippen LogP contribution in [0.1, 0.15) is 5.56 Å². The molecular formula is C11H10N2S. The van der Waals surface area contributed by atoms with Gasteiger partial charge in [0.05, 0.1) is 0 Å². The van der Waals surface area contributed by atoms with Crippen molar-refractivity contribution in [1.82, 2.24) is 9.97 Å². The molecule has 0 unspecified atom stereocenters. The molecule has 0 bridgehead atoms. The number of nitrogens with zero attached hydrogens (tertiary/aromatic N) is 2. The van der Waals surface area contributed by atoms with E-state index in [1.807, 2.05) is 12.1 Å². The summed E-state index contributed by atoms with van der Waals surface area (Å²) in [6.45, 7) is 2.08. The Kier molecular flexibility index (Phi) is 2.79. The van der Waals surface area contributed by atoms with Gasteiger partial charge in [0.2, 0.25) is 0 Å². The van der Waals surface area contributed by atoms with Gasteiger partial charge in [-0.3, -0.25) is 0 Å². The van der Waals surface area contributed by atoms with Gasteiger partial charge in [-0.05, 0) is 36.9 Å². The van der Waals surface area contributed by atoms with E-state index in [2.05, 4.69) is 35.1 Å². The lowest BCUT2D eigenvalue weighted by Crippen LogP contribution is -1.83. The Morgan fingerprint density at radius 2 is 1.86 bits per heavy atom. The fourth-order valence-corrected chi connectivity index (χ4v) is 1.95. The summed E-state index contributed by atoms with van der Waals surface area (Å²) in [4.78, 5) is 9.49. The van der Waals surface area contributed by atoms with E-state index in [9.17, 15) is 0 Å². The molecule has 0 saturated heterocycles. The van der Waals surface area contributed by atoms with Crippen LogP contribution in [0.3, 0.4) is 0 Å². The van der Waals surface area contributed by atoms with Gasteiger partial charge in [0.15, 0.2) is 5.16 Å². The zero-order valence-electron chi connectivity index (χ0n) is 7.84. The van der Waals surface area contributed by atoms with Gasteiger partial charge >= 0.3 is 0 Å². The molecule has 3 heteroatoms. The second-order valence-corrected chi connectivity index (χ2v) is 3.99. The molecule has 0 aliphatic carbocycles. The molecule has 1 heterocycles. The molecule has 1 aromatic carbocycles. The Hall–Kier alpha value is -1.35. The molecule has 0 radical (unpaired) electrons. The molecule has 0 atom stereocenters. The van der Waals surface area contributed by atoms with Crippen LogP contribution in [-0.2, 0) is 0 Å². The highest BCUT2D eigenvalue weighted by molar-refractivity contribution is 7.99. The summed E-state index contributed by atoms with van der Waals surface area (Å²) in [5.41, 5.74) is 1.26. The number of aromatic nitrogens is 2. The van der Waals surface area contributed by atoms with Crippen molar-refractivity contribution in [3.8, 4) is 0 Å². The topological polar surface area (TPSA) is 25.8 Å². The van der Waals surface area contributed by atoms with E-state index in [-0.39, 0.29) is 0 Å². The Labute approximate surface area is 87.4 Å². The maximum absolute atomic E-state index is 4.16. The van der Waals surface area contributed by atoms with Crippen molar-refractivity contribution in [2.24, 2.45) is 0 Å². The van der Waals surface area contributed by atoms with Crippen LogP contribution in [0.2, 0.25) is 0 Å². The van der Waals surface area contributed by atoms with Crippen LogP contribution >= 0.6 is 11.8 Å². The van der Waals surface area contributed by atoms with Gasteiger partial charge in [0.25, 0.3) is 0 Å². The van der Waals surface area contributed by atoms with Gasteiger partial charge in [-0.2, -0.15) is 0 Å². The van der Waals surface area contributed by atoms with Crippen LogP contribution in [0.5, 0.6) is 0 Å². The van der Waals surface area contributed by atoms with Gasteiger partial charge < -0.3 is 0 Å². The van der Waals surface area contributed by atoms with Gasteiger partial charge in [-0.25, -0.2) is 9.97 Å². The molecule has 2 nitrogen and oxygen atoms in total. The van der Waals surface area contributed by atoms with E-state index < -0.39 is 0 Å². The summed E-state index contributed by atoms with van der Waals surface area (Å²) in [7, 11) is 0. The number of rotatable bonds is 2. The van der Waals surface area contributed by atoms with Crippen LogP contribution in [-0.4, -0.2) is 9.97 Å². The van der Waals surface area contributed by atoms with E-state index in [1.54, 1.807) is 24.2 Å². The van der Waals surface area contributed by atoms with E-state index >= 15 is 0 Å². The molecule has 0 fully saturated rings. The van der Waals surface area contributed by atoms with Crippen molar-refractivity contribution in [3.05, 3.63) is 48.3 Å². The normalized spacial score (nSPS) is 10.1. The standard InChI is InChI=1S/C11H10N2S/c1-9-4-2-5-10(8-9)14-11-12-6-3-7-13-11/h2-8H,1H3. The van der Waals surface area contributed by atoms with E-state index in [0.717, 1.165) is 5.16 Å². The maximum atomic E-state index is 4.16. The van der Waals surface area contributed by atoms with Gasteiger partial charge in [-0.15, -0.1) is 0 Å². The molecule has 0 amide bonds. The lowest BCUT2D eigenvalue weighted by molar-refractivity contribution is 0.967. The largest absolute Gasteiger partial charge is 0.231 e. The second kappa shape index (κ2) is 4.24. The fourth-order valence-electron chi connectivity index (χ4n) is 1.12. The lowest BCUT2D eigenvalue weighted by Gasteiger charge is -1.99. The van der Waals surface area contributed by atoms with E-state index in [1.165, 1.54) is 10.5 Å². The van der Waals surface area contributed by atoms with Crippen molar-refractivity contribution < 1.29 is 0 Å². The predicted octanol–water partition coefficient (Wildman–Crippen LogP) is 2.94. The van der Waals surface area contributed by atoms with Crippen LogP contribution in [0, 0.1) is 6.92 Å². The molecule has 2 aromatic rings. The minimum absolute atomic E-state index is 0.790. The average Bonchev–Trinajstić information content (AvgIpc) is 2.19. The smallest absolute Gasteiger partial charge is 0.192 e. The van der Waals surface area contributed by atoms with Gasteiger partial charge in [0, 0.05) is 17.3 Å². The summed E-state index contributed by atoms with van der Waals surface area (Å²) in [6.07, 6.45) is 3.51. The number of hydrogen-bond acceptors (Lipinski definition) is 3. The highest BCUT2D eigenvalue weighted by Crippen LogP contribution is 2.24. The molecule has 0 N–H and O–H groups in total. The minimum atomic E-state index is 0.790. The second-order valence-electron chi connectivity index (χ2n) is 2.95. The van der Waals surface area contributed by atoms with Crippen LogP contribution < -0.4 is 0 Å². The maximum Gasteiger partial charge on any atom is 0.192 e. The first-order valence-electron chi connectivity index (χ1n) is 4.36. The van der Waals surface area contributed by atoms with Crippen molar-refractivity contribution in [1.29, 1.82) is 0 Å². The SMILES string of the molecule is Cc1cccc(Sc2ncccn2)c1. The molecule has 0 aliphatic heterocycles.